The monoisotopic (exact) mass is 317 g/mol. The van der Waals surface area contributed by atoms with E-state index < -0.39 is 5.60 Å². The summed E-state index contributed by atoms with van der Waals surface area (Å²) in [6.45, 7) is 9.44. The second-order valence-electron chi connectivity index (χ2n) is 7.88. The second-order valence-corrected chi connectivity index (χ2v) is 7.88. The van der Waals surface area contributed by atoms with Gasteiger partial charge in [0.2, 0.25) is 0 Å². The molecule has 5 nitrogen and oxygen atoms in total. The molecule has 0 aliphatic carbocycles. The number of carbonyl (C=O) groups is 1. The van der Waals surface area contributed by atoms with Crippen LogP contribution in [0.25, 0.3) is 0 Å². The summed E-state index contributed by atoms with van der Waals surface area (Å²) in [5, 5.41) is 0. The normalized spacial score (nSPS) is 25.0. The summed E-state index contributed by atoms with van der Waals surface area (Å²) < 4.78 is 5.56. The van der Waals surface area contributed by atoms with Crippen LogP contribution in [0.1, 0.15) is 40.0 Å². The van der Waals surface area contributed by atoms with E-state index in [1.165, 1.54) is 12.1 Å². The lowest BCUT2D eigenvalue weighted by atomic mass is 9.79. The zero-order chi connectivity index (χ0) is 16.5. The smallest absolute Gasteiger partial charge is 0.410 e. The van der Waals surface area contributed by atoms with Crippen LogP contribution in [0.5, 0.6) is 0 Å². The minimum atomic E-state index is -0.430. The van der Waals surface area contributed by atoms with E-state index in [2.05, 4.69) is 22.0 Å². The van der Waals surface area contributed by atoms with Gasteiger partial charge in [0.05, 0.1) is 0 Å². The molecule has 0 radical (unpaired) electrons. The summed E-state index contributed by atoms with van der Waals surface area (Å²) >= 11 is 0. The van der Waals surface area contributed by atoms with Gasteiger partial charge in [-0.05, 0) is 52.2 Å². The fourth-order valence-electron chi connectivity index (χ4n) is 3.73. The van der Waals surface area contributed by atoms with Gasteiger partial charge in [-0.15, -0.1) is 0 Å². The summed E-state index contributed by atoms with van der Waals surface area (Å²) in [6, 6.07) is 4.13. The molecule has 3 heterocycles. The zero-order valence-corrected chi connectivity index (χ0v) is 14.4. The fraction of sp³-hybridized carbons (Fsp3) is 0.667. The lowest BCUT2D eigenvalue weighted by molar-refractivity contribution is 0.00714. The van der Waals surface area contributed by atoms with Crippen LogP contribution in [0.4, 0.5) is 10.5 Å². The Bertz CT molecular complexity index is 555. The van der Waals surface area contributed by atoms with Crippen molar-refractivity contribution in [2.75, 3.05) is 31.1 Å². The number of nitrogens with zero attached hydrogens (tertiary/aromatic N) is 3. The van der Waals surface area contributed by atoms with E-state index in [-0.39, 0.29) is 11.5 Å². The van der Waals surface area contributed by atoms with Crippen LogP contribution in [-0.2, 0) is 4.74 Å². The maximum atomic E-state index is 12.4. The number of piperidine rings is 1. The number of hydrogen-bond acceptors (Lipinski definition) is 4. The van der Waals surface area contributed by atoms with Crippen molar-refractivity contribution < 1.29 is 9.53 Å². The third kappa shape index (κ3) is 3.77. The van der Waals surface area contributed by atoms with Crippen LogP contribution < -0.4 is 4.90 Å². The highest BCUT2D eigenvalue weighted by molar-refractivity contribution is 5.68. The molecule has 2 fully saturated rings. The van der Waals surface area contributed by atoms with Crippen LogP contribution in [0.2, 0.25) is 0 Å². The largest absolute Gasteiger partial charge is 0.444 e. The number of aromatic nitrogens is 1. The highest BCUT2D eigenvalue weighted by atomic mass is 16.6. The first kappa shape index (κ1) is 16.1. The van der Waals surface area contributed by atoms with Crippen LogP contribution in [0.3, 0.4) is 0 Å². The number of ether oxygens (including phenoxy) is 1. The van der Waals surface area contributed by atoms with Crippen molar-refractivity contribution >= 4 is 11.8 Å². The first-order valence-electron chi connectivity index (χ1n) is 8.50. The van der Waals surface area contributed by atoms with Crippen LogP contribution >= 0.6 is 0 Å². The first-order chi connectivity index (χ1) is 10.9. The van der Waals surface area contributed by atoms with Crippen molar-refractivity contribution in [1.82, 2.24) is 9.88 Å². The van der Waals surface area contributed by atoms with Gasteiger partial charge in [0, 0.05) is 49.7 Å². The van der Waals surface area contributed by atoms with Crippen molar-refractivity contribution in [3.63, 3.8) is 0 Å². The average Bonchev–Trinajstić information content (AvgIpc) is 2.90. The highest BCUT2D eigenvalue weighted by Gasteiger charge is 2.43. The van der Waals surface area contributed by atoms with Gasteiger partial charge in [-0.2, -0.15) is 0 Å². The maximum Gasteiger partial charge on any atom is 0.410 e. The molecule has 126 valence electrons. The minimum absolute atomic E-state index is 0.168. The van der Waals surface area contributed by atoms with Gasteiger partial charge in [0.25, 0.3) is 0 Å². The molecule has 1 aromatic rings. The summed E-state index contributed by atoms with van der Waals surface area (Å²) in [6.07, 6.45) is 6.90. The molecule has 1 spiro atoms. The van der Waals surface area contributed by atoms with Gasteiger partial charge in [-0.3, -0.25) is 4.98 Å². The number of amides is 1. The molecule has 1 aromatic heterocycles. The molecular weight excluding hydrogens is 290 g/mol. The maximum absolute atomic E-state index is 12.4. The Morgan fingerprint density at radius 1 is 1.17 bits per heavy atom. The average molecular weight is 317 g/mol. The lowest BCUT2D eigenvalue weighted by Gasteiger charge is -2.40. The molecule has 0 bridgehead atoms. The molecule has 1 amide bonds. The second kappa shape index (κ2) is 6.02. The summed E-state index contributed by atoms with van der Waals surface area (Å²) in [7, 11) is 0. The highest BCUT2D eigenvalue weighted by Crippen LogP contribution is 2.40. The summed E-state index contributed by atoms with van der Waals surface area (Å²) in [5.74, 6) is 0. The van der Waals surface area contributed by atoms with Gasteiger partial charge in [-0.25, -0.2) is 4.79 Å². The van der Waals surface area contributed by atoms with Crippen LogP contribution in [-0.4, -0.2) is 47.8 Å². The number of likely N-dealkylation sites (tertiary alicyclic amines) is 1. The van der Waals surface area contributed by atoms with E-state index in [9.17, 15) is 4.79 Å². The fourth-order valence-corrected chi connectivity index (χ4v) is 3.73. The number of carbonyl (C=O) groups excluding carboxylic acids is 1. The Morgan fingerprint density at radius 3 is 2.61 bits per heavy atom. The number of pyridine rings is 1. The van der Waals surface area contributed by atoms with Crippen LogP contribution in [0.15, 0.2) is 24.5 Å². The first-order valence-corrected chi connectivity index (χ1v) is 8.50. The van der Waals surface area contributed by atoms with Gasteiger partial charge in [0.1, 0.15) is 5.60 Å². The standard InChI is InChI=1S/C18H27N3O2/c1-17(2,3)23-16(22)21-11-4-7-18(14-21)8-12-20(13-18)15-5-9-19-10-6-15/h5-6,9-10H,4,7-8,11-14H2,1-3H3. The minimum Gasteiger partial charge on any atom is -0.444 e. The van der Waals surface area contributed by atoms with E-state index >= 15 is 0 Å². The Hall–Kier alpha value is -1.78. The van der Waals surface area contributed by atoms with Gasteiger partial charge in [0.15, 0.2) is 0 Å². The summed E-state index contributed by atoms with van der Waals surface area (Å²) in [5.41, 5.74) is 1.00. The van der Waals surface area contributed by atoms with Gasteiger partial charge in [-0.1, -0.05) is 0 Å². The predicted molar refractivity (Wildman–Crippen MR) is 90.5 cm³/mol. The Balaban J connectivity index is 1.66. The molecule has 5 heteroatoms. The lowest BCUT2D eigenvalue weighted by Crippen LogP contribution is -2.48. The van der Waals surface area contributed by atoms with Gasteiger partial charge < -0.3 is 14.5 Å². The SMILES string of the molecule is CC(C)(C)OC(=O)N1CCCC2(CCN(c3ccncc3)C2)C1. The predicted octanol–water partition coefficient (Wildman–Crippen LogP) is 3.31. The van der Waals surface area contributed by atoms with Gasteiger partial charge >= 0.3 is 6.09 Å². The molecule has 3 rings (SSSR count). The molecular formula is C18H27N3O2. The molecule has 23 heavy (non-hydrogen) atoms. The van der Waals surface area contributed by atoms with E-state index in [1.807, 2.05) is 38.1 Å². The molecule has 2 aliphatic heterocycles. The molecule has 2 saturated heterocycles. The van der Waals surface area contributed by atoms with Crippen LogP contribution in [0, 0.1) is 5.41 Å². The third-order valence-corrected chi connectivity index (χ3v) is 4.78. The zero-order valence-electron chi connectivity index (χ0n) is 14.4. The third-order valence-electron chi connectivity index (χ3n) is 4.78. The number of hydrogen-bond donors (Lipinski definition) is 0. The molecule has 0 aromatic carbocycles. The Labute approximate surface area is 138 Å². The molecule has 0 saturated carbocycles. The molecule has 2 aliphatic rings. The van der Waals surface area contributed by atoms with Crippen molar-refractivity contribution in [3.8, 4) is 0 Å². The Morgan fingerprint density at radius 2 is 1.91 bits per heavy atom. The number of rotatable bonds is 1. The summed E-state index contributed by atoms with van der Waals surface area (Å²) in [4.78, 5) is 20.8. The molecule has 0 N–H and O–H groups in total. The number of anilines is 1. The van der Waals surface area contributed by atoms with Crippen molar-refractivity contribution in [1.29, 1.82) is 0 Å². The topological polar surface area (TPSA) is 45.7 Å². The molecule has 1 unspecified atom stereocenters. The van der Waals surface area contributed by atoms with Crippen molar-refractivity contribution in [3.05, 3.63) is 24.5 Å². The van der Waals surface area contributed by atoms with E-state index in [1.54, 1.807) is 0 Å². The van der Waals surface area contributed by atoms with Crippen molar-refractivity contribution in [2.24, 2.45) is 5.41 Å². The van der Waals surface area contributed by atoms with Crippen molar-refractivity contribution in [2.45, 2.75) is 45.6 Å². The van der Waals surface area contributed by atoms with E-state index in [0.717, 1.165) is 39.0 Å². The quantitative estimate of drug-likeness (QED) is 0.797. The molecule has 1 atom stereocenters. The van der Waals surface area contributed by atoms with E-state index in [4.69, 9.17) is 4.74 Å². The van der Waals surface area contributed by atoms with E-state index in [0.29, 0.717) is 0 Å². The Kier molecular flexibility index (Phi) is 4.21.